The van der Waals surface area contributed by atoms with E-state index in [1.165, 1.54) is 6.07 Å². The molecule has 1 saturated carbocycles. The third-order valence-electron chi connectivity index (χ3n) is 2.59. The Morgan fingerprint density at radius 3 is 2.79 bits per heavy atom. The fourth-order valence-corrected chi connectivity index (χ4v) is 1.38. The molecule has 1 heterocycles. The van der Waals surface area contributed by atoms with Gasteiger partial charge in [0.2, 0.25) is 0 Å². The zero-order chi connectivity index (χ0) is 10.2. The van der Waals surface area contributed by atoms with Crippen LogP contribution in [-0.2, 0) is 6.42 Å². The summed E-state index contributed by atoms with van der Waals surface area (Å²) in [6.07, 6.45) is 3.63. The molecule has 0 unspecified atom stereocenters. The molecule has 1 aliphatic carbocycles. The van der Waals surface area contributed by atoms with E-state index in [-0.39, 0.29) is 11.4 Å². The summed E-state index contributed by atoms with van der Waals surface area (Å²) < 4.78 is 5.01. The second-order valence-electron chi connectivity index (χ2n) is 3.86. The van der Waals surface area contributed by atoms with E-state index in [1.807, 2.05) is 0 Å². The van der Waals surface area contributed by atoms with Gasteiger partial charge in [-0.15, -0.1) is 0 Å². The molecule has 0 atom stereocenters. The van der Waals surface area contributed by atoms with Crippen LogP contribution in [-0.4, -0.2) is 10.5 Å². The third kappa shape index (κ3) is 1.93. The first-order chi connectivity index (χ1) is 6.59. The second kappa shape index (κ2) is 3.09. The number of furan rings is 1. The summed E-state index contributed by atoms with van der Waals surface area (Å²) in [5.41, 5.74) is 5.86. The van der Waals surface area contributed by atoms with E-state index in [2.05, 4.69) is 0 Å². The second-order valence-corrected chi connectivity index (χ2v) is 3.86. The van der Waals surface area contributed by atoms with Crippen molar-refractivity contribution >= 4 is 5.88 Å². The molecule has 0 aliphatic heterocycles. The fraction of sp³-hybridized carbons (Fsp3) is 0.556. The van der Waals surface area contributed by atoms with E-state index in [9.17, 15) is 10.1 Å². The Hall–Kier alpha value is -1.36. The van der Waals surface area contributed by atoms with Crippen LogP contribution in [0, 0.1) is 10.1 Å². The minimum Gasteiger partial charge on any atom is -0.406 e. The van der Waals surface area contributed by atoms with Gasteiger partial charge < -0.3 is 10.2 Å². The molecular weight excluding hydrogens is 184 g/mol. The SMILES string of the molecule is NC1(CCc2ccc([N+](=O)[O-])o2)CC1. The van der Waals surface area contributed by atoms with Crippen molar-refractivity contribution in [1.29, 1.82) is 0 Å². The maximum atomic E-state index is 10.3. The Morgan fingerprint density at radius 2 is 2.29 bits per heavy atom. The van der Waals surface area contributed by atoms with Crippen LogP contribution >= 0.6 is 0 Å². The first-order valence-electron chi connectivity index (χ1n) is 4.61. The largest absolute Gasteiger partial charge is 0.433 e. The molecule has 0 amide bonds. The van der Waals surface area contributed by atoms with Crippen LogP contribution in [0.15, 0.2) is 16.5 Å². The molecule has 2 rings (SSSR count). The molecule has 0 spiro atoms. The predicted molar refractivity (Wildman–Crippen MR) is 49.8 cm³/mol. The van der Waals surface area contributed by atoms with Gasteiger partial charge in [0.15, 0.2) is 0 Å². The van der Waals surface area contributed by atoms with E-state index in [1.54, 1.807) is 6.07 Å². The van der Waals surface area contributed by atoms with Gasteiger partial charge in [0.25, 0.3) is 0 Å². The molecule has 0 bridgehead atoms. The lowest BCUT2D eigenvalue weighted by Crippen LogP contribution is -2.21. The van der Waals surface area contributed by atoms with E-state index < -0.39 is 4.92 Å². The normalized spacial score (nSPS) is 18.1. The lowest BCUT2D eigenvalue weighted by Gasteiger charge is -2.04. The van der Waals surface area contributed by atoms with Crippen molar-refractivity contribution in [3.8, 4) is 0 Å². The van der Waals surface area contributed by atoms with Gasteiger partial charge in [-0.1, -0.05) is 0 Å². The monoisotopic (exact) mass is 196 g/mol. The fourth-order valence-electron chi connectivity index (χ4n) is 1.38. The predicted octanol–water partition coefficient (Wildman–Crippen LogP) is 1.61. The van der Waals surface area contributed by atoms with E-state index in [0.29, 0.717) is 12.2 Å². The van der Waals surface area contributed by atoms with Crippen molar-refractivity contribution in [3.05, 3.63) is 28.0 Å². The number of nitrogens with zero attached hydrogens (tertiary/aromatic N) is 1. The van der Waals surface area contributed by atoms with Gasteiger partial charge in [-0.05, 0) is 25.3 Å². The van der Waals surface area contributed by atoms with Gasteiger partial charge in [0, 0.05) is 12.0 Å². The van der Waals surface area contributed by atoms with Crippen molar-refractivity contribution < 1.29 is 9.34 Å². The molecule has 2 N–H and O–H groups in total. The third-order valence-corrected chi connectivity index (χ3v) is 2.59. The summed E-state index contributed by atoms with van der Waals surface area (Å²) >= 11 is 0. The molecule has 1 aromatic heterocycles. The molecule has 1 aromatic rings. The number of aryl methyl sites for hydroxylation is 1. The minimum atomic E-state index is -0.529. The summed E-state index contributed by atoms with van der Waals surface area (Å²) in [6.45, 7) is 0. The van der Waals surface area contributed by atoms with Gasteiger partial charge in [-0.3, -0.25) is 10.1 Å². The van der Waals surface area contributed by atoms with E-state index in [4.69, 9.17) is 10.2 Å². The quantitative estimate of drug-likeness (QED) is 0.585. The standard InChI is InChI=1S/C9H12N2O3/c10-9(5-6-9)4-3-7-1-2-8(14-7)11(12)13/h1-2H,3-6,10H2. The number of nitrogens with two attached hydrogens (primary N) is 1. The highest BCUT2D eigenvalue weighted by atomic mass is 16.6. The van der Waals surface area contributed by atoms with Crippen LogP contribution < -0.4 is 5.73 Å². The zero-order valence-corrected chi connectivity index (χ0v) is 7.73. The maximum absolute atomic E-state index is 10.3. The van der Waals surface area contributed by atoms with Crippen molar-refractivity contribution in [2.24, 2.45) is 5.73 Å². The topological polar surface area (TPSA) is 82.3 Å². The van der Waals surface area contributed by atoms with Gasteiger partial charge in [0.05, 0.1) is 6.07 Å². The molecule has 5 nitrogen and oxygen atoms in total. The van der Waals surface area contributed by atoms with Gasteiger partial charge in [0.1, 0.15) is 10.7 Å². The molecule has 0 radical (unpaired) electrons. The minimum absolute atomic E-state index is 0.0262. The number of rotatable bonds is 4. The number of hydrogen-bond donors (Lipinski definition) is 1. The van der Waals surface area contributed by atoms with Crippen LogP contribution in [0.5, 0.6) is 0 Å². The lowest BCUT2D eigenvalue weighted by molar-refractivity contribution is -0.402. The molecule has 1 aliphatic rings. The van der Waals surface area contributed by atoms with Gasteiger partial charge in [-0.2, -0.15) is 0 Å². The first kappa shape index (κ1) is 9.21. The highest BCUT2D eigenvalue weighted by molar-refractivity contribution is 5.18. The Labute approximate surface area is 81.0 Å². The van der Waals surface area contributed by atoms with Crippen molar-refractivity contribution in [1.82, 2.24) is 0 Å². The average molecular weight is 196 g/mol. The smallest absolute Gasteiger partial charge is 0.406 e. The molecule has 0 aromatic carbocycles. The van der Waals surface area contributed by atoms with Crippen LogP contribution in [0.3, 0.4) is 0 Å². The Bertz CT molecular complexity index is 355. The molecule has 0 saturated heterocycles. The van der Waals surface area contributed by atoms with Gasteiger partial charge in [-0.25, -0.2) is 0 Å². The van der Waals surface area contributed by atoms with E-state index in [0.717, 1.165) is 19.3 Å². The van der Waals surface area contributed by atoms with Crippen LogP contribution in [0.4, 0.5) is 5.88 Å². The summed E-state index contributed by atoms with van der Waals surface area (Å²) in [5.74, 6) is 0.454. The Morgan fingerprint density at radius 1 is 1.57 bits per heavy atom. The molecular formula is C9H12N2O3. The van der Waals surface area contributed by atoms with Crippen LogP contribution in [0.2, 0.25) is 0 Å². The average Bonchev–Trinajstić information content (AvgIpc) is 2.68. The summed E-state index contributed by atoms with van der Waals surface area (Å²) in [6, 6.07) is 3.02. The lowest BCUT2D eigenvalue weighted by atomic mass is 10.1. The maximum Gasteiger partial charge on any atom is 0.433 e. The van der Waals surface area contributed by atoms with Crippen LogP contribution in [0.1, 0.15) is 25.0 Å². The summed E-state index contributed by atoms with van der Waals surface area (Å²) in [4.78, 5) is 9.79. The van der Waals surface area contributed by atoms with Crippen molar-refractivity contribution in [3.63, 3.8) is 0 Å². The highest BCUT2D eigenvalue weighted by Gasteiger charge is 2.37. The Kier molecular flexibility index (Phi) is 2.03. The zero-order valence-electron chi connectivity index (χ0n) is 7.73. The highest BCUT2D eigenvalue weighted by Crippen LogP contribution is 2.36. The summed E-state index contributed by atoms with van der Waals surface area (Å²) in [7, 11) is 0. The van der Waals surface area contributed by atoms with Crippen LogP contribution in [0.25, 0.3) is 0 Å². The summed E-state index contributed by atoms with van der Waals surface area (Å²) in [5, 5.41) is 10.3. The van der Waals surface area contributed by atoms with Gasteiger partial charge >= 0.3 is 5.88 Å². The first-order valence-corrected chi connectivity index (χ1v) is 4.61. The molecule has 5 heteroatoms. The number of nitro groups is 1. The number of hydrogen-bond acceptors (Lipinski definition) is 4. The van der Waals surface area contributed by atoms with Crippen molar-refractivity contribution in [2.75, 3.05) is 0 Å². The Balaban J connectivity index is 1.93. The molecule has 14 heavy (non-hydrogen) atoms. The van der Waals surface area contributed by atoms with E-state index >= 15 is 0 Å². The molecule has 76 valence electrons. The molecule has 1 fully saturated rings. The van der Waals surface area contributed by atoms with Crippen molar-refractivity contribution in [2.45, 2.75) is 31.2 Å².